The summed E-state index contributed by atoms with van der Waals surface area (Å²) in [6, 6.07) is 11.2. The molecule has 2 aromatic rings. The summed E-state index contributed by atoms with van der Waals surface area (Å²) in [5, 5.41) is 11.7. The number of imide groups is 1. The minimum Gasteiger partial charge on any atom is -0.508 e. The fraction of sp³-hybridized carbons (Fsp3) is 0.448. The van der Waals surface area contributed by atoms with E-state index in [1.165, 1.54) is 21.6 Å². The van der Waals surface area contributed by atoms with E-state index in [4.69, 9.17) is 4.74 Å². The Balaban J connectivity index is 1.34. The van der Waals surface area contributed by atoms with Crippen molar-refractivity contribution in [2.45, 2.75) is 58.6 Å². The summed E-state index contributed by atoms with van der Waals surface area (Å²) in [5.74, 6) is -0.270. The van der Waals surface area contributed by atoms with Gasteiger partial charge in [0.15, 0.2) is 0 Å². The summed E-state index contributed by atoms with van der Waals surface area (Å²) in [6.07, 6.45) is 6.51. The predicted octanol–water partition coefficient (Wildman–Crippen LogP) is 5.95. The normalized spacial score (nSPS) is 26.5. The van der Waals surface area contributed by atoms with E-state index >= 15 is 0 Å². The van der Waals surface area contributed by atoms with E-state index in [0.29, 0.717) is 19.6 Å². The first-order valence-electron chi connectivity index (χ1n) is 12.6. The lowest BCUT2D eigenvalue weighted by atomic mass is 9.68. The van der Waals surface area contributed by atoms with Gasteiger partial charge in [0.05, 0.1) is 31.1 Å². The largest absolute Gasteiger partial charge is 0.508 e. The number of fused-ring (bicyclic) bond motifs is 3. The van der Waals surface area contributed by atoms with Crippen molar-refractivity contribution < 1.29 is 19.4 Å². The van der Waals surface area contributed by atoms with Crippen molar-refractivity contribution >= 4 is 29.2 Å². The Kier molecular flexibility index (Phi) is 6.94. The van der Waals surface area contributed by atoms with Gasteiger partial charge in [-0.3, -0.25) is 14.5 Å². The van der Waals surface area contributed by atoms with Crippen molar-refractivity contribution in [2.24, 2.45) is 17.8 Å². The molecule has 1 aliphatic carbocycles. The number of aromatic hydroxyl groups is 1. The van der Waals surface area contributed by atoms with Gasteiger partial charge in [0.25, 0.3) is 0 Å². The zero-order valence-corrected chi connectivity index (χ0v) is 21.2. The molecule has 184 valence electrons. The molecule has 0 unspecified atom stereocenters. The fourth-order valence-electron chi connectivity index (χ4n) is 6.12. The monoisotopic (exact) mass is 491 g/mol. The highest BCUT2D eigenvalue weighted by Gasteiger charge is 2.56. The van der Waals surface area contributed by atoms with Gasteiger partial charge < -0.3 is 9.84 Å². The minimum atomic E-state index is -0.285. The third kappa shape index (κ3) is 4.74. The predicted molar refractivity (Wildman–Crippen MR) is 138 cm³/mol. The Morgan fingerprint density at radius 3 is 2.80 bits per heavy atom. The topological polar surface area (TPSA) is 66.8 Å². The summed E-state index contributed by atoms with van der Waals surface area (Å²) in [4.78, 5) is 29.4. The SMILES string of the molecule is CCCC1=C2[C@@H](CC/C(C)=C/c3cccc(O)c3)OC[C@@H]2[C@@H]2C(=O)N(Cc3cccs3)C(=O)[C@@H]2C1. The van der Waals surface area contributed by atoms with Crippen molar-refractivity contribution in [3.63, 3.8) is 0 Å². The Morgan fingerprint density at radius 2 is 2.06 bits per heavy atom. The average molecular weight is 492 g/mol. The smallest absolute Gasteiger partial charge is 0.234 e. The van der Waals surface area contributed by atoms with Gasteiger partial charge in [-0.05, 0) is 67.3 Å². The molecule has 1 aromatic heterocycles. The molecule has 2 fully saturated rings. The number of amides is 2. The van der Waals surface area contributed by atoms with E-state index in [0.717, 1.165) is 36.1 Å². The number of carbonyl (C=O) groups is 2. The molecule has 5 nitrogen and oxygen atoms in total. The summed E-state index contributed by atoms with van der Waals surface area (Å²) < 4.78 is 6.32. The first kappa shape index (κ1) is 24.0. The van der Waals surface area contributed by atoms with Crippen molar-refractivity contribution in [1.82, 2.24) is 4.90 Å². The first-order chi connectivity index (χ1) is 17.0. The second-order valence-electron chi connectivity index (χ2n) is 10.0. The lowest BCUT2D eigenvalue weighted by Crippen LogP contribution is -2.34. The molecule has 5 rings (SSSR count). The number of thiophene rings is 1. The maximum atomic E-state index is 13.5. The van der Waals surface area contributed by atoms with Gasteiger partial charge in [0.2, 0.25) is 11.8 Å². The first-order valence-corrected chi connectivity index (χ1v) is 13.5. The molecule has 2 amide bonds. The molecule has 0 saturated carbocycles. The van der Waals surface area contributed by atoms with Crippen LogP contribution in [0.2, 0.25) is 0 Å². The number of nitrogens with zero attached hydrogens (tertiary/aromatic N) is 1. The Hall–Kier alpha value is -2.70. The van der Waals surface area contributed by atoms with Crippen LogP contribution in [0.4, 0.5) is 0 Å². The molecule has 1 N–H and O–H groups in total. The van der Waals surface area contributed by atoms with Gasteiger partial charge in [0.1, 0.15) is 5.75 Å². The van der Waals surface area contributed by atoms with Crippen molar-refractivity contribution in [3.8, 4) is 5.75 Å². The molecular weight excluding hydrogens is 458 g/mol. The lowest BCUT2D eigenvalue weighted by Gasteiger charge is -2.32. The number of hydrogen-bond acceptors (Lipinski definition) is 5. The third-order valence-corrected chi connectivity index (χ3v) is 8.49. The molecule has 0 radical (unpaired) electrons. The van der Waals surface area contributed by atoms with Gasteiger partial charge in [0, 0.05) is 10.8 Å². The van der Waals surface area contributed by atoms with Crippen LogP contribution >= 0.6 is 11.3 Å². The van der Waals surface area contributed by atoms with Crippen LogP contribution < -0.4 is 0 Å². The number of allylic oxidation sites excluding steroid dienone is 2. The number of phenols is 1. The van der Waals surface area contributed by atoms with Crippen LogP contribution in [-0.2, 0) is 20.9 Å². The molecule has 3 heterocycles. The number of hydrogen-bond donors (Lipinski definition) is 1. The van der Waals surface area contributed by atoms with E-state index in [-0.39, 0.29) is 41.4 Å². The van der Waals surface area contributed by atoms with E-state index in [1.807, 2.05) is 29.6 Å². The second kappa shape index (κ2) is 10.1. The van der Waals surface area contributed by atoms with Crippen LogP contribution in [0.15, 0.2) is 58.5 Å². The fourth-order valence-corrected chi connectivity index (χ4v) is 6.81. The minimum absolute atomic E-state index is 0.00396. The number of phenolic OH excluding ortho intramolecular Hbond substituents is 1. The van der Waals surface area contributed by atoms with Crippen LogP contribution in [0.25, 0.3) is 6.08 Å². The van der Waals surface area contributed by atoms with Gasteiger partial charge in [-0.2, -0.15) is 0 Å². The summed E-state index contributed by atoms with van der Waals surface area (Å²) in [6.45, 7) is 5.19. The van der Waals surface area contributed by atoms with Gasteiger partial charge in [-0.15, -0.1) is 11.3 Å². The van der Waals surface area contributed by atoms with E-state index < -0.39 is 0 Å². The van der Waals surface area contributed by atoms with Crippen molar-refractivity contribution in [2.75, 3.05) is 6.61 Å². The van der Waals surface area contributed by atoms with Crippen LogP contribution in [0.3, 0.4) is 0 Å². The molecule has 4 atom stereocenters. The van der Waals surface area contributed by atoms with Gasteiger partial charge >= 0.3 is 0 Å². The zero-order chi connectivity index (χ0) is 24.5. The molecule has 6 heteroatoms. The molecular formula is C29H33NO4S. The molecule has 0 spiro atoms. The number of benzene rings is 1. The van der Waals surface area contributed by atoms with Crippen molar-refractivity contribution in [3.05, 3.63) is 68.9 Å². The second-order valence-corrected chi connectivity index (χ2v) is 11.1. The summed E-state index contributed by atoms with van der Waals surface area (Å²) in [7, 11) is 0. The number of likely N-dealkylation sites (tertiary alicyclic amines) is 1. The van der Waals surface area contributed by atoms with Gasteiger partial charge in [-0.1, -0.05) is 48.8 Å². The van der Waals surface area contributed by atoms with E-state index in [1.54, 1.807) is 23.5 Å². The highest BCUT2D eigenvalue weighted by molar-refractivity contribution is 7.09. The third-order valence-electron chi connectivity index (χ3n) is 7.63. The summed E-state index contributed by atoms with van der Waals surface area (Å²) in [5.41, 5.74) is 4.86. The molecule has 2 saturated heterocycles. The van der Waals surface area contributed by atoms with Gasteiger partial charge in [-0.25, -0.2) is 0 Å². The molecule has 1 aromatic carbocycles. The Bertz CT molecular complexity index is 1170. The highest BCUT2D eigenvalue weighted by atomic mass is 32.1. The van der Waals surface area contributed by atoms with Crippen LogP contribution in [0.5, 0.6) is 5.75 Å². The number of rotatable bonds is 8. The van der Waals surface area contributed by atoms with Crippen molar-refractivity contribution in [1.29, 1.82) is 0 Å². The van der Waals surface area contributed by atoms with Crippen LogP contribution in [-0.4, -0.2) is 34.5 Å². The molecule has 35 heavy (non-hydrogen) atoms. The zero-order valence-electron chi connectivity index (χ0n) is 20.4. The van der Waals surface area contributed by atoms with E-state index in [9.17, 15) is 14.7 Å². The standard InChI is InChI=1S/C29H33NO4S/c1-3-6-20-15-23-27(29(33)30(28(23)32)16-22-9-5-12-35-22)24-17-34-25(26(20)24)11-10-18(2)13-19-7-4-8-21(31)14-19/h4-5,7-9,12-14,23-25,27,31H,3,6,10-11,15-17H2,1-2H3/b18-13+/t23-,24+,25-,27-/m1/s1. The quantitative estimate of drug-likeness (QED) is 0.366. The maximum absolute atomic E-state index is 13.5. The molecule has 2 aliphatic heterocycles. The van der Waals surface area contributed by atoms with Crippen LogP contribution in [0, 0.1) is 17.8 Å². The Labute approximate surface area is 211 Å². The van der Waals surface area contributed by atoms with Crippen LogP contribution in [0.1, 0.15) is 56.4 Å². The Morgan fingerprint density at radius 1 is 1.20 bits per heavy atom. The average Bonchev–Trinajstić information content (AvgIpc) is 3.55. The number of carbonyl (C=O) groups excluding carboxylic acids is 2. The highest BCUT2D eigenvalue weighted by Crippen LogP contribution is 2.51. The maximum Gasteiger partial charge on any atom is 0.234 e. The summed E-state index contributed by atoms with van der Waals surface area (Å²) >= 11 is 1.59. The lowest BCUT2D eigenvalue weighted by molar-refractivity contribution is -0.140. The molecule has 0 bridgehead atoms. The van der Waals surface area contributed by atoms with E-state index in [2.05, 4.69) is 19.9 Å². The number of ether oxygens (including phenoxy) is 1. The molecule has 3 aliphatic rings.